The lowest BCUT2D eigenvalue weighted by Crippen LogP contribution is -2.10. The van der Waals surface area contributed by atoms with Crippen molar-refractivity contribution in [2.45, 2.75) is 19.8 Å². The van der Waals surface area contributed by atoms with E-state index in [-0.39, 0.29) is 5.97 Å². The molecule has 0 radical (unpaired) electrons. The molecular formula is C8H15IO3. The second kappa shape index (κ2) is 9.25. The predicted octanol–water partition coefficient (Wildman–Crippen LogP) is 1.78. The van der Waals surface area contributed by atoms with Crippen LogP contribution in [0.3, 0.4) is 0 Å². The van der Waals surface area contributed by atoms with E-state index in [2.05, 4.69) is 22.6 Å². The van der Waals surface area contributed by atoms with Gasteiger partial charge < -0.3 is 9.47 Å². The average molecular weight is 286 g/mol. The molecule has 3 nitrogen and oxygen atoms in total. The Morgan fingerprint density at radius 2 is 2.08 bits per heavy atom. The van der Waals surface area contributed by atoms with Crippen LogP contribution in [0.2, 0.25) is 0 Å². The maximum Gasteiger partial charge on any atom is 0.305 e. The molecule has 0 fully saturated rings. The van der Waals surface area contributed by atoms with Crippen LogP contribution < -0.4 is 0 Å². The van der Waals surface area contributed by atoms with Crippen molar-refractivity contribution in [2.75, 3.05) is 24.2 Å². The van der Waals surface area contributed by atoms with E-state index in [1.807, 2.05) is 6.92 Å². The molecule has 0 aromatic rings. The molecule has 0 heterocycles. The standard InChI is InChI=1S/C8H15IO3/c1-2-3-8(10)12-7-6-11-5-4-9/h2-7H2,1H3. The van der Waals surface area contributed by atoms with Gasteiger partial charge in [-0.15, -0.1) is 0 Å². The first-order chi connectivity index (χ1) is 5.81. The summed E-state index contributed by atoms with van der Waals surface area (Å²) in [5.74, 6) is -0.129. The van der Waals surface area contributed by atoms with Crippen LogP contribution in [0.1, 0.15) is 19.8 Å². The molecular weight excluding hydrogens is 271 g/mol. The molecule has 0 saturated heterocycles. The fourth-order valence-corrected chi connectivity index (χ4v) is 0.959. The fraction of sp³-hybridized carbons (Fsp3) is 0.875. The van der Waals surface area contributed by atoms with E-state index in [0.717, 1.165) is 17.5 Å². The minimum Gasteiger partial charge on any atom is -0.463 e. The van der Waals surface area contributed by atoms with Crippen LogP contribution in [0.4, 0.5) is 0 Å². The van der Waals surface area contributed by atoms with Gasteiger partial charge in [0.25, 0.3) is 0 Å². The number of esters is 1. The first kappa shape index (κ1) is 12.2. The highest BCUT2D eigenvalue weighted by atomic mass is 127. The summed E-state index contributed by atoms with van der Waals surface area (Å²) in [7, 11) is 0. The Kier molecular flexibility index (Phi) is 9.37. The van der Waals surface area contributed by atoms with E-state index < -0.39 is 0 Å². The second-order valence-electron chi connectivity index (χ2n) is 2.27. The van der Waals surface area contributed by atoms with Crippen LogP contribution >= 0.6 is 22.6 Å². The summed E-state index contributed by atoms with van der Waals surface area (Å²) in [6, 6.07) is 0. The Labute approximate surface area is 86.9 Å². The third-order valence-electron chi connectivity index (χ3n) is 1.17. The van der Waals surface area contributed by atoms with Crippen LogP contribution in [0.15, 0.2) is 0 Å². The SMILES string of the molecule is CCCC(=O)OCCOCCI. The molecule has 0 aliphatic rings. The summed E-state index contributed by atoms with van der Waals surface area (Å²) in [6.07, 6.45) is 1.35. The highest BCUT2D eigenvalue weighted by Gasteiger charge is 1.98. The zero-order valence-corrected chi connectivity index (χ0v) is 9.50. The van der Waals surface area contributed by atoms with Crippen LogP contribution in [-0.4, -0.2) is 30.2 Å². The number of ether oxygens (including phenoxy) is 2. The number of carbonyl (C=O) groups is 1. The highest BCUT2D eigenvalue weighted by molar-refractivity contribution is 14.1. The summed E-state index contributed by atoms with van der Waals surface area (Å²) in [6.45, 7) is 3.58. The summed E-state index contributed by atoms with van der Waals surface area (Å²) in [5.41, 5.74) is 0. The van der Waals surface area contributed by atoms with E-state index in [1.54, 1.807) is 0 Å². The molecule has 0 unspecified atom stereocenters. The quantitative estimate of drug-likeness (QED) is 0.310. The van der Waals surface area contributed by atoms with Crippen LogP contribution in [0, 0.1) is 0 Å². The zero-order chi connectivity index (χ0) is 9.23. The van der Waals surface area contributed by atoms with E-state index in [9.17, 15) is 4.79 Å². The van der Waals surface area contributed by atoms with Crippen molar-refractivity contribution in [2.24, 2.45) is 0 Å². The monoisotopic (exact) mass is 286 g/mol. The van der Waals surface area contributed by atoms with Gasteiger partial charge in [-0.1, -0.05) is 29.5 Å². The molecule has 72 valence electrons. The van der Waals surface area contributed by atoms with Crippen molar-refractivity contribution < 1.29 is 14.3 Å². The molecule has 4 heteroatoms. The normalized spacial score (nSPS) is 9.83. The van der Waals surface area contributed by atoms with E-state index >= 15 is 0 Å². The van der Waals surface area contributed by atoms with Gasteiger partial charge in [-0.2, -0.15) is 0 Å². The van der Waals surface area contributed by atoms with Crippen molar-refractivity contribution in [3.63, 3.8) is 0 Å². The Bertz CT molecular complexity index is 117. The lowest BCUT2D eigenvalue weighted by molar-refractivity contribution is -0.145. The number of hydrogen-bond acceptors (Lipinski definition) is 3. The van der Waals surface area contributed by atoms with Crippen molar-refractivity contribution in [1.29, 1.82) is 0 Å². The molecule has 0 amide bonds. The summed E-state index contributed by atoms with van der Waals surface area (Å²) >= 11 is 2.23. The highest BCUT2D eigenvalue weighted by Crippen LogP contribution is 1.91. The maximum atomic E-state index is 10.8. The van der Waals surface area contributed by atoms with Gasteiger partial charge in [0.2, 0.25) is 0 Å². The van der Waals surface area contributed by atoms with Crippen LogP contribution in [-0.2, 0) is 14.3 Å². The number of carbonyl (C=O) groups excluding carboxylic acids is 1. The first-order valence-corrected chi connectivity index (χ1v) is 5.63. The molecule has 0 bridgehead atoms. The van der Waals surface area contributed by atoms with Crippen LogP contribution in [0.5, 0.6) is 0 Å². The topological polar surface area (TPSA) is 35.5 Å². The van der Waals surface area contributed by atoms with Crippen molar-refractivity contribution in [1.82, 2.24) is 0 Å². The van der Waals surface area contributed by atoms with E-state index in [0.29, 0.717) is 19.6 Å². The fourth-order valence-electron chi connectivity index (χ4n) is 0.647. The lowest BCUT2D eigenvalue weighted by Gasteiger charge is -2.03. The molecule has 0 aliphatic heterocycles. The van der Waals surface area contributed by atoms with Gasteiger partial charge >= 0.3 is 5.97 Å². The molecule has 0 atom stereocenters. The van der Waals surface area contributed by atoms with Gasteiger partial charge in [0.15, 0.2) is 0 Å². The van der Waals surface area contributed by atoms with Crippen molar-refractivity contribution >= 4 is 28.6 Å². The minimum atomic E-state index is -0.129. The Morgan fingerprint density at radius 3 is 2.67 bits per heavy atom. The summed E-state index contributed by atoms with van der Waals surface area (Å²) in [5, 5.41) is 0. The molecule has 0 aromatic heterocycles. The van der Waals surface area contributed by atoms with Gasteiger partial charge in [-0.05, 0) is 6.42 Å². The summed E-state index contributed by atoms with van der Waals surface area (Å²) in [4.78, 5) is 10.8. The summed E-state index contributed by atoms with van der Waals surface area (Å²) < 4.78 is 11.0. The molecule has 0 aliphatic carbocycles. The number of hydrogen-bond donors (Lipinski definition) is 0. The molecule has 12 heavy (non-hydrogen) atoms. The number of halogens is 1. The van der Waals surface area contributed by atoms with Gasteiger partial charge in [0, 0.05) is 10.8 Å². The zero-order valence-electron chi connectivity index (χ0n) is 7.35. The van der Waals surface area contributed by atoms with Gasteiger partial charge in [-0.25, -0.2) is 0 Å². The lowest BCUT2D eigenvalue weighted by atomic mass is 10.3. The molecule has 0 spiro atoms. The van der Waals surface area contributed by atoms with E-state index in [4.69, 9.17) is 9.47 Å². The third kappa shape index (κ3) is 8.26. The Balaban J connectivity index is 3.03. The first-order valence-electron chi connectivity index (χ1n) is 4.10. The molecule has 0 rings (SSSR count). The predicted molar refractivity (Wildman–Crippen MR) is 55.6 cm³/mol. The Morgan fingerprint density at radius 1 is 1.33 bits per heavy atom. The second-order valence-corrected chi connectivity index (χ2v) is 3.35. The molecule has 0 N–H and O–H groups in total. The van der Waals surface area contributed by atoms with Gasteiger partial charge in [0.1, 0.15) is 6.61 Å². The molecule has 0 aromatic carbocycles. The van der Waals surface area contributed by atoms with Gasteiger partial charge in [-0.3, -0.25) is 4.79 Å². The maximum absolute atomic E-state index is 10.8. The smallest absolute Gasteiger partial charge is 0.305 e. The van der Waals surface area contributed by atoms with Crippen molar-refractivity contribution in [3.8, 4) is 0 Å². The average Bonchev–Trinajstić information content (AvgIpc) is 2.05. The number of alkyl halides is 1. The minimum absolute atomic E-state index is 0.129. The van der Waals surface area contributed by atoms with Gasteiger partial charge in [0.05, 0.1) is 13.2 Å². The number of rotatable bonds is 7. The third-order valence-corrected chi connectivity index (χ3v) is 1.61. The largest absolute Gasteiger partial charge is 0.463 e. The Hall–Kier alpha value is 0.160. The van der Waals surface area contributed by atoms with E-state index in [1.165, 1.54) is 0 Å². The van der Waals surface area contributed by atoms with Crippen molar-refractivity contribution in [3.05, 3.63) is 0 Å². The van der Waals surface area contributed by atoms with Crippen LogP contribution in [0.25, 0.3) is 0 Å². The molecule has 0 saturated carbocycles.